The average Bonchev–Trinajstić information content (AvgIpc) is 3.76. The second kappa shape index (κ2) is 11.1. The summed E-state index contributed by atoms with van der Waals surface area (Å²) in [5.74, 6) is 1.21. The van der Waals surface area contributed by atoms with E-state index in [0.717, 1.165) is 41.0 Å². The lowest BCUT2D eigenvalue weighted by Gasteiger charge is -2.14. The number of fused-ring (bicyclic) bond motifs is 12. The largest absolute Gasteiger partial charge is 0.226 e. The fraction of sp³-hybridized carbons (Fsp3) is 0.0870. The molecule has 0 saturated heterocycles. The van der Waals surface area contributed by atoms with Crippen molar-refractivity contribution in [2.45, 2.75) is 28.9 Å². The molecule has 0 amide bonds. The molecule has 6 aromatic carbocycles. The fourth-order valence-corrected chi connectivity index (χ4v) is 11.0. The molecule has 2 unspecified atom stereocenters. The minimum Gasteiger partial charge on any atom is -0.226 e. The molecule has 11 rings (SSSR count). The number of allylic oxidation sites excluding steroid dienone is 4. The molecule has 2 nitrogen and oxygen atoms in total. The molecule has 50 heavy (non-hydrogen) atoms. The Labute approximate surface area is 298 Å². The predicted octanol–water partition coefficient (Wildman–Crippen LogP) is 12.8. The maximum Gasteiger partial charge on any atom is 0.160 e. The molecule has 0 saturated carbocycles. The summed E-state index contributed by atoms with van der Waals surface area (Å²) < 4.78 is 1.17. The lowest BCUT2D eigenvalue weighted by atomic mass is 9.90. The zero-order valence-electron chi connectivity index (χ0n) is 27.1. The second-order valence-corrected chi connectivity index (χ2v) is 15.8. The van der Waals surface area contributed by atoms with Crippen LogP contribution < -0.4 is 0 Å². The molecule has 2 aliphatic carbocycles. The van der Waals surface area contributed by atoms with Crippen molar-refractivity contribution >= 4 is 71.7 Å². The van der Waals surface area contributed by atoms with E-state index in [0.29, 0.717) is 11.2 Å². The summed E-state index contributed by atoms with van der Waals surface area (Å²) >= 11 is 3.86. The highest BCUT2D eigenvalue weighted by atomic mass is 32.2. The van der Waals surface area contributed by atoms with Crippen molar-refractivity contribution < 1.29 is 0 Å². The van der Waals surface area contributed by atoms with Crippen molar-refractivity contribution in [2.24, 2.45) is 0 Å². The van der Waals surface area contributed by atoms with Gasteiger partial charge in [0, 0.05) is 37.6 Å². The van der Waals surface area contributed by atoms with Crippen LogP contribution >= 0.6 is 23.1 Å². The maximum atomic E-state index is 5.45. The quantitative estimate of drug-likeness (QED) is 0.174. The smallest absolute Gasteiger partial charge is 0.160 e. The molecule has 4 heteroatoms. The topological polar surface area (TPSA) is 25.8 Å². The average molecular weight is 675 g/mol. The van der Waals surface area contributed by atoms with Crippen molar-refractivity contribution in [2.75, 3.05) is 0 Å². The minimum atomic E-state index is 0.436. The van der Waals surface area contributed by atoms with Crippen LogP contribution in [0.25, 0.3) is 82.4 Å². The molecular weight excluding hydrogens is 645 g/mol. The molecule has 0 spiro atoms. The van der Waals surface area contributed by atoms with E-state index in [9.17, 15) is 0 Å². The highest BCUT2D eigenvalue weighted by Crippen LogP contribution is 2.52. The number of rotatable bonds is 3. The maximum absolute atomic E-state index is 5.45. The third-order valence-corrected chi connectivity index (χ3v) is 13.3. The standard InChI is InChI=1S/C46H30N2S2/c1-2-15-33-31(13-1)32-14-3-4-16-34(32)39-26-28(23-24-35(33)39)42-45-43(38-18-6-8-22-41(38)50-45)48-46(47-42)29-12-9-11-27(25-29)30-19-10-20-37-36-17-5-7-21-40(36)49-44(30)37/h1-7,9-21,23-26,36,40H,8,22H2. The number of thiophene rings is 1. The lowest BCUT2D eigenvalue weighted by molar-refractivity contribution is 0.881. The summed E-state index contributed by atoms with van der Waals surface area (Å²) in [5, 5.41) is 8.12. The molecule has 0 N–H and O–H groups in total. The first-order chi connectivity index (χ1) is 24.8. The Morgan fingerprint density at radius 2 is 1.36 bits per heavy atom. The molecule has 2 atom stereocenters. The van der Waals surface area contributed by atoms with Crippen LogP contribution in [-0.4, -0.2) is 15.2 Å². The van der Waals surface area contributed by atoms with Crippen LogP contribution in [0.15, 0.2) is 144 Å². The summed E-state index contributed by atoms with van der Waals surface area (Å²) in [5.41, 5.74) is 9.44. The van der Waals surface area contributed by atoms with E-state index in [2.05, 4.69) is 146 Å². The number of hydrogen-bond donors (Lipinski definition) is 0. The molecule has 0 radical (unpaired) electrons. The van der Waals surface area contributed by atoms with Gasteiger partial charge in [-0.25, -0.2) is 9.97 Å². The van der Waals surface area contributed by atoms with Crippen molar-refractivity contribution in [3.63, 3.8) is 0 Å². The molecular formula is C46H30N2S2. The van der Waals surface area contributed by atoms with Gasteiger partial charge in [-0.05, 0) is 74.0 Å². The van der Waals surface area contributed by atoms with Gasteiger partial charge in [-0.3, -0.25) is 0 Å². The molecule has 0 bridgehead atoms. The van der Waals surface area contributed by atoms with E-state index < -0.39 is 0 Å². The van der Waals surface area contributed by atoms with Crippen LogP contribution in [0, 0.1) is 0 Å². The Morgan fingerprint density at radius 3 is 2.20 bits per heavy atom. The number of hydrogen-bond acceptors (Lipinski definition) is 4. The van der Waals surface area contributed by atoms with E-state index in [-0.39, 0.29) is 0 Å². The molecule has 3 heterocycles. The summed E-state index contributed by atoms with van der Waals surface area (Å²) in [6.07, 6.45) is 15.8. The van der Waals surface area contributed by atoms with Crippen molar-refractivity contribution in [3.8, 4) is 33.8 Å². The van der Waals surface area contributed by atoms with Crippen LogP contribution in [0.3, 0.4) is 0 Å². The van der Waals surface area contributed by atoms with Gasteiger partial charge in [0.1, 0.15) is 0 Å². The first-order valence-corrected chi connectivity index (χ1v) is 19.1. The van der Waals surface area contributed by atoms with Crippen molar-refractivity contribution in [3.05, 3.63) is 156 Å². The van der Waals surface area contributed by atoms with Gasteiger partial charge in [-0.2, -0.15) is 0 Å². The van der Waals surface area contributed by atoms with Gasteiger partial charge < -0.3 is 0 Å². The van der Waals surface area contributed by atoms with Gasteiger partial charge >= 0.3 is 0 Å². The third-order valence-electron chi connectivity index (χ3n) is 10.7. The SMILES string of the molecule is C1=CC2Sc3c(-c4cccc(-c5nc(-c6ccc7c8ccccc8c8ccccc8c7c6)c6sc7c(c6n5)C=CCC7)c4)cccc3C2C=C1. The Hall–Kier alpha value is -5.29. The van der Waals surface area contributed by atoms with Gasteiger partial charge in [-0.15, -0.1) is 23.1 Å². The van der Waals surface area contributed by atoms with Crippen LogP contribution in [0.1, 0.15) is 28.3 Å². The fourth-order valence-electron chi connectivity index (χ4n) is 8.31. The van der Waals surface area contributed by atoms with Gasteiger partial charge in [0.15, 0.2) is 5.82 Å². The summed E-state index contributed by atoms with van der Waals surface area (Å²) in [7, 11) is 0. The van der Waals surface area contributed by atoms with E-state index in [4.69, 9.17) is 9.97 Å². The zero-order chi connectivity index (χ0) is 32.8. The molecule has 2 aromatic heterocycles. The number of nitrogens with zero attached hydrogens (tertiary/aromatic N) is 2. The number of aryl methyl sites for hydroxylation is 1. The van der Waals surface area contributed by atoms with Gasteiger partial charge in [0.25, 0.3) is 0 Å². The molecule has 0 fully saturated rings. The third kappa shape index (κ3) is 4.28. The van der Waals surface area contributed by atoms with E-state index in [1.54, 1.807) is 0 Å². The van der Waals surface area contributed by atoms with Crippen LogP contribution in [0.4, 0.5) is 0 Å². The lowest BCUT2D eigenvalue weighted by Crippen LogP contribution is -2.06. The highest BCUT2D eigenvalue weighted by Gasteiger charge is 2.32. The number of aromatic nitrogens is 2. The van der Waals surface area contributed by atoms with Crippen LogP contribution in [0.5, 0.6) is 0 Å². The first-order valence-electron chi connectivity index (χ1n) is 17.4. The first kappa shape index (κ1) is 28.5. The van der Waals surface area contributed by atoms with Crippen LogP contribution in [0.2, 0.25) is 0 Å². The van der Waals surface area contributed by atoms with Gasteiger partial charge in [0.05, 0.1) is 15.9 Å². The van der Waals surface area contributed by atoms with Gasteiger partial charge in [0.2, 0.25) is 0 Å². The minimum absolute atomic E-state index is 0.436. The predicted molar refractivity (Wildman–Crippen MR) is 214 cm³/mol. The Kier molecular flexibility index (Phi) is 6.34. The van der Waals surface area contributed by atoms with Crippen molar-refractivity contribution in [1.29, 1.82) is 0 Å². The van der Waals surface area contributed by atoms with E-state index >= 15 is 0 Å². The summed E-state index contributed by atoms with van der Waals surface area (Å²) in [4.78, 5) is 13.6. The second-order valence-electron chi connectivity index (χ2n) is 13.5. The Bertz CT molecular complexity index is 2780. The summed E-state index contributed by atoms with van der Waals surface area (Å²) in [6, 6.07) is 40.2. The van der Waals surface area contributed by atoms with Crippen LogP contribution in [-0.2, 0) is 6.42 Å². The molecule has 1 aliphatic heterocycles. The number of thioether (sulfide) groups is 1. The molecule has 236 valence electrons. The van der Waals surface area contributed by atoms with Gasteiger partial charge in [-0.1, -0.05) is 134 Å². The summed E-state index contributed by atoms with van der Waals surface area (Å²) in [6.45, 7) is 0. The van der Waals surface area contributed by atoms with E-state index in [1.165, 1.54) is 69.0 Å². The van der Waals surface area contributed by atoms with E-state index in [1.807, 2.05) is 23.1 Å². The zero-order valence-corrected chi connectivity index (χ0v) is 28.8. The normalized spacial score (nSPS) is 17.5. The van der Waals surface area contributed by atoms with Crippen molar-refractivity contribution in [1.82, 2.24) is 9.97 Å². The monoisotopic (exact) mass is 674 g/mol. The Morgan fingerprint density at radius 1 is 0.620 bits per heavy atom. The highest BCUT2D eigenvalue weighted by molar-refractivity contribution is 8.00. The Balaban J connectivity index is 1.12. The molecule has 8 aromatic rings. The molecule has 3 aliphatic rings. The number of benzene rings is 6.